The topological polar surface area (TPSA) is 84.2 Å². The molecule has 0 aliphatic carbocycles. The Morgan fingerprint density at radius 2 is 1.65 bits per heavy atom. The van der Waals surface area contributed by atoms with Crippen LogP contribution in [-0.4, -0.2) is 31.4 Å². The minimum Gasteiger partial charge on any atom is -0.356 e. The van der Waals surface area contributed by atoms with Crippen molar-refractivity contribution in [2.75, 3.05) is 19.6 Å². The number of carbonyl (C=O) groups excluding carboxylic acids is 2. The highest BCUT2D eigenvalue weighted by molar-refractivity contribution is 5.81. The van der Waals surface area contributed by atoms with Gasteiger partial charge >= 0.3 is 0 Å². The number of hydrogen-bond donors (Lipinski definition) is 3. The van der Waals surface area contributed by atoms with Gasteiger partial charge in [0.2, 0.25) is 11.8 Å². The summed E-state index contributed by atoms with van der Waals surface area (Å²) in [5, 5.41) is 5.58. The average molecular weight is 243 g/mol. The molecular weight excluding hydrogens is 218 g/mol. The van der Waals surface area contributed by atoms with Crippen molar-refractivity contribution < 1.29 is 9.59 Å². The Morgan fingerprint density at radius 3 is 2.18 bits per heavy atom. The average Bonchev–Trinajstić information content (AvgIpc) is 2.23. The molecule has 0 aliphatic rings. The maximum absolute atomic E-state index is 11.5. The molecule has 5 nitrogen and oxygen atoms in total. The lowest BCUT2D eigenvalue weighted by Gasteiger charge is -2.17. The minimum absolute atomic E-state index is 0.0149. The van der Waals surface area contributed by atoms with E-state index < -0.39 is 0 Å². The van der Waals surface area contributed by atoms with Crippen LogP contribution in [0.15, 0.2) is 0 Å². The first kappa shape index (κ1) is 15.9. The molecule has 0 radical (unpaired) electrons. The van der Waals surface area contributed by atoms with E-state index in [9.17, 15) is 9.59 Å². The fourth-order valence-electron chi connectivity index (χ4n) is 1.13. The molecule has 0 aromatic rings. The maximum Gasteiger partial charge on any atom is 0.225 e. The van der Waals surface area contributed by atoms with Crippen molar-refractivity contribution in [1.29, 1.82) is 0 Å². The molecule has 17 heavy (non-hydrogen) atoms. The van der Waals surface area contributed by atoms with Crippen molar-refractivity contribution in [1.82, 2.24) is 10.6 Å². The molecule has 0 unspecified atom stereocenters. The lowest BCUT2D eigenvalue weighted by Crippen LogP contribution is -2.35. The van der Waals surface area contributed by atoms with Crippen LogP contribution in [0.2, 0.25) is 0 Å². The van der Waals surface area contributed by atoms with E-state index in [1.54, 1.807) is 0 Å². The Labute approximate surface area is 104 Å². The number of nitrogens with one attached hydrogen (secondary N) is 2. The zero-order valence-electron chi connectivity index (χ0n) is 11.1. The smallest absolute Gasteiger partial charge is 0.225 e. The molecule has 100 valence electrons. The van der Waals surface area contributed by atoms with E-state index in [0.29, 0.717) is 32.5 Å². The van der Waals surface area contributed by atoms with Crippen LogP contribution < -0.4 is 16.4 Å². The molecule has 0 saturated heterocycles. The molecule has 0 bridgehead atoms. The summed E-state index contributed by atoms with van der Waals surface area (Å²) in [5.41, 5.74) is 4.94. The van der Waals surface area contributed by atoms with Crippen LogP contribution >= 0.6 is 0 Å². The number of carbonyl (C=O) groups is 2. The van der Waals surface area contributed by atoms with E-state index in [-0.39, 0.29) is 17.2 Å². The van der Waals surface area contributed by atoms with Gasteiger partial charge < -0.3 is 16.4 Å². The summed E-state index contributed by atoms with van der Waals surface area (Å²) in [6.07, 6.45) is 1.90. The number of nitrogens with two attached hydrogens (primary N) is 1. The van der Waals surface area contributed by atoms with Gasteiger partial charge in [-0.25, -0.2) is 0 Å². The first-order valence-electron chi connectivity index (χ1n) is 6.13. The first-order chi connectivity index (χ1) is 7.88. The van der Waals surface area contributed by atoms with E-state index in [1.165, 1.54) is 0 Å². The fraction of sp³-hybridized carbons (Fsp3) is 0.833. The summed E-state index contributed by atoms with van der Waals surface area (Å²) < 4.78 is 0. The van der Waals surface area contributed by atoms with Crippen molar-refractivity contribution in [3.05, 3.63) is 0 Å². The Bertz CT molecular complexity index is 247. The van der Waals surface area contributed by atoms with Gasteiger partial charge in [0.05, 0.1) is 0 Å². The molecule has 4 N–H and O–H groups in total. The van der Waals surface area contributed by atoms with Gasteiger partial charge in [-0.3, -0.25) is 9.59 Å². The molecule has 2 amide bonds. The molecule has 0 spiro atoms. The summed E-state index contributed by atoms with van der Waals surface area (Å²) in [5.74, 6) is 0.0319. The molecule has 0 aromatic carbocycles. The molecule has 0 aromatic heterocycles. The number of rotatable bonds is 7. The highest BCUT2D eigenvalue weighted by atomic mass is 16.2. The van der Waals surface area contributed by atoms with Crippen LogP contribution in [0.5, 0.6) is 0 Å². The number of amides is 2. The van der Waals surface area contributed by atoms with Crippen LogP contribution in [0.1, 0.15) is 40.0 Å². The van der Waals surface area contributed by atoms with E-state index in [2.05, 4.69) is 10.6 Å². The van der Waals surface area contributed by atoms with Gasteiger partial charge in [-0.15, -0.1) is 0 Å². The second kappa shape index (κ2) is 8.06. The lowest BCUT2D eigenvalue weighted by molar-refractivity contribution is -0.128. The summed E-state index contributed by atoms with van der Waals surface area (Å²) in [4.78, 5) is 22.8. The zero-order chi connectivity index (χ0) is 13.3. The van der Waals surface area contributed by atoms with E-state index in [0.717, 1.165) is 6.42 Å². The van der Waals surface area contributed by atoms with Gasteiger partial charge in [-0.05, 0) is 19.4 Å². The highest BCUT2D eigenvalue weighted by Crippen LogP contribution is 2.12. The lowest BCUT2D eigenvalue weighted by atomic mass is 9.96. The standard InChI is InChI=1S/C12H25N3O2/c1-12(2,3)11(17)15-8-4-6-10(16)14-9-5-7-13/h4-9,13H2,1-3H3,(H,14,16)(H,15,17). The van der Waals surface area contributed by atoms with Crippen molar-refractivity contribution in [2.24, 2.45) is 11.1 Å². The van der Waals surface area contributed by atoms with Crippen LogP contribution in [0.4, 0.5) is 0 Å². The van der Waals surface area contributed by atoms with Gasteiger partial charge in [-0.2, -0.15) is 0 Å². The summed E-state index contributed by atoms with van der Waals surface area (Å²) in [6.45, 7) is 7.34. The summed E-state index contributed by atoms with van der Waals surface area (Å²) in [6, 6.07) is 0. The predicted octanol–water partition coefficient (Wildman–Crippen LogP) is 0.394. The summed E-state index contributed by atoms with van der Waals surface area (Å²) in [7, 11) is 0. The Morgan fingerprint density at radius 1 is 1.06 bits per heavy atom. The number of hydrogen-bond acceptors (Lipinski definition) is 3. The van der Waals surface area contributed by atoms with Crippen molar-refractivity contribution in [3.8, 4) is 0 Å². The molecule has 0 rings (SSSR count). The van der Waals surface area contributed by atoms with Gasteiger partial charge in [0.1, 0.15) is 0 Å². The predicted molar refractivity (Wildman–Crippen MR) is 68.4 cm³/mol. The Balaban J connectivity index is 3.51. The third kappa shape index (κ3) is 8.68. The Kier molecular flexibility index (Phi) is 7.54. The van der Waals surface area contributed by atoms with Crippen LogP contribution in [0.25, 0.3) is 0 Å². The molecule has 0 fully saturated rings. The van der Waals surface area contributed by atoms with Gasteiger partial charge in [0.25, 0.3) is 0 Å². The third-order valence-electron chi connectivity index (χ3n) is 2.25. The second-order valence-corrected chi connectivity index (χ2v) is 5.10. The molecule has 0 heterocycles. The van der Waals surface area contributed by atoms with Crippen LogP contribution in [0.3, 0.4) is 0 Å². The van der Waals surface area contributed by atoms with Crippen LogP contribution in [-0.2, 0) is 9.59 Å². The first-order valence-corrected chi connectivity index (χ1v) is 6.13. The molecule has 0 saturated carbocycles. The van der Waals surface area contributed by atoms with Gasteiger partial charge in [0.15, 0.2) is 0 Å². The van der Waals surface area contributed by atoms with Crippen molar-refractivity contribution >= 4 is 11.8 Å². The molecular formula is C12H25N3O2. The summed E-state index contributed by atoms with van der Waals surface area (Å²) >= 11 is 0. The Hall–Kier alpha value is -1.10. The largest absolute Gasteiger partial charge is 0.356 e. The third-order valence-corrected chi connectivity index (χ3v) is 2.25. The monoisotopic (exact) mass is 243 g/mol. The highest BCUT2D eigenvalue weighted by Gasteiger charge is 2.20. The molecule has 0 aliphatic heterocycles. The van der Waals surface area contributed by atoms with E-state index in [4.69, 9.17) is 5.73 Å². The van der Waals surface area contributed by atoms with Gasteiger partial charge in [-0.1, -0.05) is 20.8 Å². The van der Waals surface area contributed by atoms with E-state index >= 15 is 0 Å². The van der Waals surface area contributed by atoms with Gasteiger partial charge in [0, 0.05) is 24.9 Å². The van der Waals surface area contributed by atoms with Crippen molar-refractivity contribution in [2.45, 2.75) is 40.0 Å². The maximum atomic E-state index is 11.5. The quantitative estimate of drug-likeness (QED) is 0.566. The SMILES string of the molecule is CC(C)(C)C(=O)NCCCC(=O)NCCCN. The fourth-order valence-corrected chi connectivity index (χ4v) is 1.13. The van der Waals surface area contributed by atoms with E-state index in [1.807, 2.05) is 20.8 Å². The normalized spacial score (nSPS) is 11.1. The zero-order valence-corrected chi connectivity index (χ0v) is 11.1. The van der Waals surface area contributed by atoms with Crippen molar-refractivity contribution in [3.63, 3.8) is 0 Å². The second-order valence-electron chi connectivity index (χ2n) is 5.10. The van der Waals surface area contributed by atoms with Crippen LogP contribution in [0, 0.1) is 5.41 Å². The molecule has 0 atom stereocenters. The molecule has 5 heteroatoms. The minimum atomic E-state index is -0.372.